The Morgan fingerprint density at radius 2 is 1.70 bits per heavy atom. The van der Waals surface area contributed by atoms with E-state index in [1.807, 2.05) is 0 Å². The second-order valence-electron chi connectivity index (χ2n) is 4.29. The van der Waals surface area contributed by atoms with Gasteiger partial charge in [-0.25, -0.2) is 0 Å². The standard InChI is InChI=1S/C8H15N.ClH/c1-7(3-4-7)8(2)5-6(8)9;/h6H,3-5,9H2,1-2H3;1H. The van der Waals surface area contributed by atoms with Crippen LogP contribution >= 0.6 is 12.4 Å². The van der Waals surface area contributed by atoms with Crippen molar-refractivity contribution in [2.45, 2.75) is 39.2 Å². The van der Waals surface area contributed by atoms with Crippen LogP contribution in [0.2, 0.25) is 0 Å². The Morgan fingerprint density at radius 1 is 1.30 bits per heavy atom. The van der Waals surface area contributed by atoms with Crippen molar-refractivity contribution < 1.29 is 0 Å². The molecule has 2 aliphatic rings. The van der Waals surface area contributed by atoms with E-state index in [2.05, 4.69) is 13.8 Å². The highest BCUT2D eigenvalue weighted by Gasteiger charge is 2.64. The molecule has 0 aliphatic heterocycles. The van der Waals surface area contributed by atoms with Gasteiger partial charge in [0.25, 0.3) is 0 Å². The fourth-order valence-electron chi connectivity index (χ4n) is 1.85. The average Bonchev–Trinajstić information content (AvgIpc) is 2.57. The van der Waals surface area contributed by atoms with Crippen LogP contribution < -0.4 is 5.73 Å². The third-order valence-electron chi connectivity index (χ3n) is 3.68. The molecule has 2 fully saturated rings. The molecule has 2 rings (SSSR count). The highest BCUT2D eigenvalue weighted by molar-refractivity contribution is 5.85. The molecule has 2 unspecified atom stereocenters. The van der Waals surface area contributed by atoms with Crippen LogP contribution in [-0.4, -0.2) is 6.04 Å². The van der Waals surface area contributed by atoms with Crippen LogP contribution in [-0.2, 0) is 0 Å². The summed E-state index contributed by atoms with van der Waals surface area (Å²) in [5.41, 5.74) is 7.01. The third kappa shape index (κ3) is 0.802. The minimum atomic E-state index is 0. The summed E-state index contributed by atoms with van der Waals surface area (Å²) in [6, 6.07) is 0.519. The van der Waals surface area contributed by atoms with E-state index in [1.54, 1.807) is 0 Å². The topological polar surface area (TPSA) is 26.0 Å². The lowest BCUT2D eigenvalue weighted by atomic mass is 9.89. The van der Waals surface area contributed by atoms with Crippen LogP contribution in [0.5, 0.6) is 0 Å². The quantitative estimate of drug-likeness (QED) is 0.625. The van der Waals surface area contributed by atoms with Crippen molar-refractivity contribution in [3.05, 3.63) is 0 Å². The smallest absolute Gasteiger partial charge is 0.0105 e. The first-order valence-corrected chi connectivity index (χ1v) is 3.84. The maximum absolute atomic E-state index is 5.83. The molecule has 0 saturated heterocycles. The monoisotopic (exact) mass is 161 g/mol. The summed E-state index contributed by atoms with van der Waals surface area (Å²) >= 11 is 0. The van der Waals surface area contributed by atoms with Crippen LogP contribution in [0, 0.1) is 10.8 Å². The molecule has 0 heterocycles. The molecule has 0 spiro atoms. The second-order valence-corrected chi connectivity index (χ2v) is 4.29. The van der Waals surface area contributed by atoms with Gasteiger partial charge in [-0.1, -0.05) is 13.8 Å². The van der Waals surface area contributed by atoms with Gasteiger partial charge >= 0.3 is 0 Å². The van der Waals surface area contributed by atoms with Gasteiger partial charge in [0.1, 0.15) is 0 Å². The molecule has 2 N–H and O–H groups in total. The summed E-state index contributed by atoms with van der Waals surface area (Å²) < 4.78 is 0. The first-order chi connectivity index (χ1) is 4.08. The van der Waals surface area contributed by atoms with Crippen molar-refractivity contribution in [3.8, 4) is 0 Å². The molecule has 60 valence electrons. The van der Waals surface area contributed by atoms with E-state index in [9.17, 15) is 0 Å². The Morgan fingerprint density at radius 3 is 1.80 bits per heavy atom. The maximum atomic E-state index is 5.83. The Bertz CT molecular complexity index is 153. The first kappa shape index (κ1) is 8.35. The number of nitrogens with two attached hydrogens (primary N) is 1. The summed E-state index contributed by atoms with van der Waals surface area (Å²) in [4.78, 5) is 0. The van der Waals surface area contributed by atoms with Gasteiger partial charge in [-0.15, -0.1) is 12.4 Å². The fraction of sp³-hybridized carbons (Fsp3) is 1.00. The van der Waals surface area contributed by atoms with E-state index in [1.165, 1.54) is 19.3 Å². The lowest BCUT2D eigenvalue weighted by molar-refractivity contribution is 0.328. The van der Waals surface area contributed by atoms with Gasteiger partial charge in [0.15, 0.2) is 0 Å². The molecule has 0 aromatic heterocycles. The van der Waals surface area contributed by atoms with Crippen LogP contribution in [0.3, 0.4) is 0 Å². The van der Waals surface area contributed by atoms with Gasteiger partial charge < -0.3 is 5.73 Å². The predicted molar refractivity (Wildman–Crippen MR) is 45.3 cm³/mol. The number of hydrogen-bond donors (Lipinski definition) is 1. The molecular weight excluding hydrogens is 146 g/mol. The molecule has 0 amide bonds. The lowest BCUT2D eigenvalue weighted by Crippen LogP contribution is -2.19. The van der Waals surface area contributed by atoms with Gasteiger partial charge in [-0.2, -0.15) is 0 Å². The van der Waals surface area contributed by atoms with E-state index >= 15 is 0 Å². The Balaban J connectivity index is 0.000000500. The molecule has 2 heteroatoms. The normalized spacial score (nSPS) is 47.7. The number of halogens is 1. The van der Waals surface area contributed by atoms with Crippen molar-refractivity contribution in [2.75, 3.05) is 0 Å². The lowest BCUT2D eigenvalue weighted by Gasteiger charge is -2.17. The van der Waals surface area contributed by atoms with Crippen molar-refractivity contribution in [1.29, 1.82) is 0 Å². The molecule has 1 nitrogen and oxygen atoms in total. The molecule has 2 atom stereocenters. The molecular formula is C8H16ClN. The van der Waals surface area contributed by atoms with Gasteiger partial charge in [-0.05, 0) is 30.1 Å². The van der Waals surface area contributed by atoms with E-state index in [0.717, 1.165) is 0 Å². The van der Waals surface area contributed by atoms with Crippen LogP contribution in [0.25, 0.3) is 0 Å². The molecule has 0 aromatic rings. The minimum Gasteiger partial charge on any atom is -0.327 e. The Hall–Kier alpha value is 0.250. The molecule has 0 aromatic carbocycles. The predicted octanol–water partition coefficient (Wildman–Crippen LogP) is 1.95. The highest BCUT2D eigenvalue weighted by atomic mass is 35.5. The summed E-state index contributed by atoms with van der Waals surface area (Å²) in [5, 5.41) is 0. The van der Waals surface area contributed by atoms with Gasteiger partial charge in [0, 0.05) is 6.04 Å². The fourth-order valence-corrected chi connectivity index (χ4v) is 1.85. The highest BCUT2D eigenvalue weighted by Crippen LogP contribution is 2.68. The summed E-state index contributed by atoms with van der Waals surface area (Å²) in [7, 11) is 0. The average molecular weight is 162 g/mol. The zero-order valence-corrected chi connectivity index (χ0v) is 7.50. The number of rotatable bonds is 1. The van der Waals surface area contributed by atoms with Crippen molar-refractivity contribution in [2.24, 2.45) is 16.6 Å². The Labute approximate surface area is 68.8 Å². The molecule has 0 radical (unpaired) electrons. The zero-order chi connectivity index (χ0) is 6.70. The third-order valence-corrected chi connectivity index (χ3v) is 3.68. The molecule has 2 aliphatic carbocycles. The van der Waals surface area contributed by atoms with Crippen molar-refractivity contribution in [1.82, 2.24) is 0 Å². The van der Waals surface area contributed by atoms with Gasteiger partial charge in [0.05, 0.1) is 0 Å². The van der Waals surface area contributed by atoms with Crippen LogP contribution in [0.4, 0.5) is 0 Å². The second kappa shape index (κ2) is 1.89. The molecule has 10 heavy (non-hydrogen) atoms. The summed E-state index contributed by atoms with van der Waals surface area (Å²) in [6.45, 7) is 4.71. The Kier molecular flexibility index (Phi) is 1.58. The van der Waals surface area contributed by atoms with E-state index in [0.29, 0.717) is 16.9 Å². The van der Waals surface area contributed by atoms with Crippen molar-refractivity contribution >= 4 is 12.4 Å². The largest absolute Gasteiger partial charge is 0.327 e. The van der Waals surface area contributed by atoms with Crippen LogP contribution in [0.1, 0.15) is 33.1 Å². The maximum Gasteiger partial charge on any atom is 0.0105 e. The summed E-state index contributed by atoms with van der Waals surface area (Å²) in [6.07, 6.45) is 4.10. The molecule has 2 saturated carbocycles. The van der Waals surface area contributed by atoms with Crippen molar-refractivity contribution in [3.63, 3.8) is 0 Å². The van der Waals surface area contributed by atoms with Gasteiger partial charge in [-0.3, -0.25) is 0 Å². The number of hydrogen-bond acceptors (Lipinski definition) is 1. The summed E-state index contributed by atoms with van der Waals surface area (Å²) in [5.74, 6) is 0. The zero-order valence-electron chi connectivity index (χ0n) is 6.68. The van der Waals surface area contributed by atoms with Crippen LogP contribution in [0.15, 0.2) is 0 Å². The molecule has 0 bridgehead atoms. The first-order valence-electron chi connectivity index (χ1n) is 3.84. The minimum absolute atomic E-state index is 0. The SMILES string of the molecule is CC1(C2(C)CC2N)CC1.Cl. The van der Waals surface area contributed by atoms with Gasteiger partial charge in [0.2, 0.25) is 0 Å². The van der Waals surface area contributed by atoms with E-state index < -0.39 is 0 Å². The van der Waals surface area contributed by atoms with E-state index in [4.69, 9.17) is 5.73 Å². The van der Waals surface area contributed by atoms with E-state index in [-0.39, 0.29) is 12.4 Å².